The molecule has 0 aliphatic carbocycles. The van der Waals surface area contributed by atoms with E-state index in [4.69, 9.17) is 9.72 Å². The zero-order valence-electron chi connectivity index (χ0n) is 14.7. The molecule has 2 aromatic heterocycles. The molecule has 1 atom stereocenters. The SMILES string of the molecule is COC(=O)C(c1ccccc1)c1c(-c2cccc(Br)c2)nc2ccccn12. The van der Waals surface area contributed by atoms with E-state index in [0.717, 1.165) is 32.6 Å². The number of nitrogens with zero attached hydrogens (tertiary/aromatic N) is 2. The van der Waals surface area contributed by atoms with E-state index >= 15 is 0 Å². The molecular formula is C22H17BrN2O2. The number of methoxy groups -OCH3 is 1. The Labute approximate surface area is 165 Å². The highest BCUT2D eigenvalue weighted by Gasteiger charge is 2.30. The lowest BCUT2D eigenvalue weighted by Crippen LogP contribution is -2.18. The fraction of sp³-hybridized carbons (Fsp3) is 0.0909. The van der Waals surface area contributed by atoms with Gasteiger partial charge in [-0.1, -0.05) is 64.5 Å². The molecule has 0 radical (unpaired) electrons. The number of halogens is 1. The number of aromatic nitrogens is 2. The first-order chi connectivity index (χ1) is 13.2. The number of carbonyl (C=O) groups is 1. The second kappa shape index (κ2) is 7.37. The minimum atomic E-state index is -0.581. The molecule has 1 unspecified atom stereocenters. The predicted octanol–water partition coefficient (Wildman–Crippen LogP) is 5.07. The third-order valence-corrected chi connectivity index (χ3v) is 5.00. The molecule has 0 N–H and O–H groups in total. The Morgan fingerprint density at radius 1 is 1.04 bits per heavy atom. The zero-order valence-corrected chi connectivity index (χ0v) is 16.3. The van der Waals surface area contributed by atoms with E-state index in [-0.39, 0.29) is 5.97 Å². The maximum atomic E-state index is 12.8. The smallest absolute Gasteiger partial charge is 0.319 e. The minimum absolute atomic E-state index is 0.317. The molecular weight excluding hydrogens is 404 g/mol. The highest BCUT2D eigenvalue weighted by molar-refractivity contribution is 9.10. The van der Waals surface area contributed by atoms with Gasteiger partial charge in [-0.2, -0.15) is 0 Å². The molecule has 4 rings (SSSR count). The van der Waals surface area contributed by atoms with Crippen LogP contribution < -0.4 is 0 Å². The molecule has 0 saturated carbocycles. The van der Waals surface area contributed by atoms with Crippen LogP contribution in [0.3, 0.4) is 0 Å². The van der Waals surface area contributed by atoms with Crippen molar-refractivity contribution in [2.24, 2.45) is 0 Å². The first kappa shape index (κ1) is 17.5. The first-order valence-electron chi connectivity index (χ1n) is 8.54. The fourth-order valence-electron chi connectivity index (χ4n) is 3.31. The van der Waals surface area contributed by atoms with E-state index in [2.05, 4.69) is 15.9 Å². The Balaban J connectivity index is 2.03. The van der Waals surface area contributed by atoms with Crippen LogP contribution in [0.1, 0.15) is 17.2 Å². The van der Waals surface area contributed by atoms with Crippen LogP contribution in [0.4, 0.5) is 0 Å². The quantitative estimate of drug-likeness (QED) is 0.433. The lowest BCUT2D eigenvalue weighted by Gasteiger charge is -2.17. The fourth-order valence-corrected chi connectivity index (χ4v) is 3.71. The summed E-state index contributed by atoms with van der Waals surface area (Å²) in [6.45, 7) is 0. The van der Waals surface area contributed by atoms with E-state index in [1.165, 1.54) is 7.11 Å². The first-order valence-corrected chi connectivity index (χ1v) is 9.34. The summed E-state index contributed by atoms with van der Waals surface area (Å²) >= 11 is 3.53. The van der Waals surface area contributed by atoms with Crippen molar-refractivity contribution in [2.45, 2.75) is 5.92 Å². The average Bonchev–Trinajstić information content (AvgIpc) is 3.08. The van der Waals surface area contributed by atoms with Gasteiger partial charge in [0.15, 0.2) is 0 Å². The molecule has 0 aliphatic rings. The maximum absolute atomic E-state index is 12.8. The van der Waals surface area contributed by atoms with Gasteiger partial charge in [-0.15, -0.1) is 0 Å². The van der Waals surface area contributed by atoms with E-state index in [0.29, 0.717) is 0 Å². The molecule has 134 valence electrons. The molecule has 0 bridgehead atoms. The van der Waals surface area contributed by atoms with Gasteiger partial charge >= 0.3 is 5.97 Å². The van der Waals surface area contributed by atoms with Crippen molar-refractivity contribution in [3.8, 4) is 11.3 Å². The maximum Gasteiger partial charge on any atom is 0.319 e. The number of hydrogen-bond donors (Lipinski definition) is 0. The summed E-state index contributed by atoms with van der Waals surface area (Å²) < 4.78 is 8.08. The Hall–Kier alpha value is -2.92. The Morgan fingerprint density at radius 3 is 2.56 bits per heavy atom. The van der Waals surface area contributed by atoms with Crippen LogP contribution in [-0.2, 0) is 9.53 Å². The highest BCUT2D eigenvalue weighted by Crippen LogP contribution is 2.35. The summed E-state index contributed by atoms with van der Waals surface area (Å²) in [6.07, 6.45) is 1.93. The molecule has 0 amide bonds. The number of fused-ring (bicyclic) bond motifs is 1. The van der Waals surface area contributed by atoms with Crippen LogP contribution in [0.25, 0.3) is 16.9 Å². The monoisotopic (exact) mass is 420 g/mol. The predicted molar refractivity (Wildman–Crippen MR) is 109 cm³/mol. The highest BCUT2D eigenvalue weighted by atomic mass is 79.9. The Bertz CT molecular complexity index is 1110. The molecule has 2 heterocycles. The van der Waals surface area contributed by atoms with Crippen LogP contribution in [0.15, 0.2) is 83.5 Å². The third-order valence-electron chi connectivity index (χ3n) is 4.51. The number of benzene rings is 2. The summed E-state index contributed by atoms with van der Waals surface area (Å²) in [7, 11) is 1.42. The minimum Gasteiger partial charge on any atom is -0.468 e. The molecule has 0 fully saturated rings. The van der Waals surface area contributed by atoms with Gasteiger partial charge in [-0.25, -0.2) is 4.98 Å². The standard InChI is InChI=1S/C22H17BrN2O2/c1-27-22(26)19(15-8-3-2-4-9-15)21-20(16-10-7-11-17(23)14-16)24-18-12-5-6-13-25(18)21/h2-14,19H,1H3. The van der Waals surface area contributed by atoms with Crippen molar-refractivity contribution >= 4 is 27.5 Å². The van der Waals surface area contributed by atoms with Crippen LogP contribution in [0, 0.1) is 0 Å². The number of imidazole rings is 1. The molecule has 4 nitrogen and oxygen atoms in total. The summed E-state index contributed by atoms with van der Waals surface area (Å²) in [4.78, 5) is 17.7. The van der Waals surface area contributed by atoms with Gasteiger partial charge in [0.05, 0.1) is 18.5 Å². The van der Waals surface area contributed by atoms with Gasteiger partial charge < -0.3 is 9.14 Å². The van der Waals surface area contributed by atoms with Crippen molar-refractivity contribution in [3.63, 3.8) is 0 Å². The molecule has 4 aromatic rings. The Morgan fingerprint density at radius 2 is 1.81 bits per heavy atom. The van der Waals surface area contributed by atoms with Crippen molar-refractivity contribution < 1.29 is 9.53 Å². The Kier molecular flexibility index (Phi) is 4.77. The van der Waals surface area contributed by atoms with Gasteiger partial charge in [0.25, 0.3) is 0 Å². The van der Waals surface area contributed by atoms with Crippen molar-refractivity contribution in [2.75, 3.05) is 7.11 Å². The van der Waals surface area contributed by atoms with E-state index < -0.39 is 5.92 Å². The summed E-state index contributed by atoms with van der Waals surface area (Å²) in [5.74, 6) is -0.898. The third kappa shape index (κ3) is 3.26. The summed E-state index contributed by atoms with van der Waals surface area (Å²) in [5.41, 5.74) is 4.15. The lowest BCUT2D eigenvalue weighted by atomic mass is 9.92. The summed E-state index contributed by atoms with van der Waals surface area (Å²) in [6, 6.07) is 23.4. The van der Waals surface area contributed by atoms with Gasteiger partial charge in [0.2, 0.25) is 0 Å². The zero-order chi connectivity index (χ0) is 18.8. The molecule has 2 aromatic carbocycles. The number of pyridine rings is 1. The number of hydrogen-bond acceptors (Lipinski definition) is 3. The van der Waals surface area contributed by atoms with Crippen molar-refractivity contribution in [3.05, 3.63) is 94.7 Å². The van der Waals surface area contributed by atoms with Crippen LogP contribution in [0.5, 0.6) is 0 Å². The molecule has 0 spiro atoms. The van der Waals surface area contributed by atoms with Crippen molar-refractivity contribution in [1.82, 2.24) is 9.38 Å². The molecule has 0 saturated heterocycles. The molecule has 0 aliphatic heterocycles. The van der Waals surface area contributed by atoms with E-state index in [1.807, 2.05) is 83.4 Å². The van der Waals surface area contributed by atoms with Crippen LogP contribution in [-0.4, -0.2) is 22.5 Å². The number of carbonyl (C=O) groups excluding carboxylic acids is 1. The van der Waals surface area contributed by atoms with E-state index in [9.17, 15) is 4.79 Å². The van der Waals surface area contributed by atoms with Crippen molar-refractivity contribution in [1.29, 1.82) is 0 Å². The van der Waals surface area contributed by atoms with Crippen LogP contribution in [0.2, 0.25) is 0 Å². The topological polar surface area (TPSA) is 43.6 Å². The molecule has 5 heteroatoms. The van der Waals surface area contributed by atoms with Crippen LogP contribution >= 0.6 is 15.9 Å². The van der Waals surface area contributed by atoms with Gasteiger partial charge in [0.1, 0.15) is 11.6 Å². The van der Waals surface area contributed by atoms with E-state index in [1.54, 1.807) is 0 Å². The number of ether oxygens (including phenoxy) is 1. The normalized spacial score (nSPS) is 12.1. The van der Waals surface area contributed by atoms with Gasteiger partial charge in [0, 0.05) is 16.2 Å². The molecule has 27 heavy (non-hydrogen) atoms. The second-order valence-corrected chi connectivity index (χ2v) is 7.07. The number of esters is 1. The average molecular weight is 421 g/mol. The largest absolute Gasteiger partial charge is 0.468 e. The lowest BCUT2D eigenvalue weighted by molar-refractivity contribution is -0.141. The van der Waals surface area contributed by atoms with Gasteiger partial charge in [-0.05, 0) is 29.8 Å². The van der Waals surface area contributed by atoms with Gasteiger partial charge in [-0.3, -0.25) is 4.79 Å². The number of rotatable bonds is 4. The second-order valence-electron chi connectivity index (χ2n) is 6.15. The summed E-state index contributed by atoms with van der Waals surface area (Å²) in [5, 5.41) is 0.